The van der Waals surface area contributed by atoms with Crippen molar-refractivity contribution in [3.8, 4) is 5.88 Å². The van der Waals surface area contributed by atoms with Crippen molar-refractivity contribution < 1.29 is 19.1 Å². The van der Waals surface area contributed by atoms with Gasteiger partial charge in [-0.25, -0.2) is 9.48 Å². The molecule has 1 aromatic heterocycles. The Morgan fingerprint density at radius 3 is 2.43 bits per heavy atom. The Hall–Kier alpha value is -2.31. The number of carbonyl (C=O) groups is 2. The molecule has 0 saturated heterocycles. The number of carbonyl (C=O) groups excluding carboxylic acids is 2. The molecule has 5 aliphatic rings. The first kappa shape index (κ1) is 24.4. The molecule has 0 aliphatic heterocycles. The Bertz CT molecular complexity index is 918. The normalized spacial score (nSPS) is 30.3. The second kappa shape index (κ2) is 10.8. The summed E-state index contributed by atoms with van der Waals surface area (Å²) in [5.74, 6) is 3.62. The van der Waals surface area contributed by atoms with Gasteiger partial charge < -0.3 is 14.8 Å². The summed E-state index contributed by atoms with van der Waals surface area (Å²) >= 11 is 0. The number of ether oxygens (including phenoxy) is 2. The average Bonchev–Trinajstić information content (AvgIpc) is 3.26. The van der Waals surface area contributed by atoms with E-state index in [0.717, 1.165) is 11.8 Å². The molecule has 5 saturated carbocycles. The Balaban J connectivity index is 1.31. The third-order valence-corrected chi connectivity index (χ3v) is 8.91. The van der Waals surface area contributed by atoms with Crippen molar-refractivity contribution in [1.82, 2.24) is 15.1 Å². The molecule has 1 heterocycles. The molecule has 5 aliphatic carbocycles. The van der Waals surface area contributed by atoms with E-state index in [1.54, 1.807) is 30.8 Å². The molecule has 1 aromatic rings. The minimum Gasteiger partial charge on any atom is -0.477 e. The van der Waals surface area contributed by atoms with Gasteiger partial charge in [0.15, 0.2) is 0 Å². The van der Waals surface area contributed by atoms with E-state index in [2.05, 4.69) is 10.4 Å². The van der Waals surface area contributed by atoms with Crippen LogP contribution in [0.2, 0.25) is 0 Å². The minimum atomic E-state index is -0.329. The molecule has 0 unspecified atom stereocenters. The molecule has 35 heavy (non-hydrogen) atoms. The molecule has 4 bridgehead atoms. The van der Waals surface area contributed by atoms with Crippen molar-refractivity contribution in [2.24, 2.45) is 29.6 Å². The second-order valence-corrected chi connectivity index (χ2v) is 11.4. The number of hydrogen-bond acceptors (Lipinski definition) is 5. The van der Waals surface area contributed by atoms with Crippen LogP contribution >= 0.6 is 0 Å². The fourth-order valence-corrected chi connectivity index (χ4v) is 7.30. The summed E-state index contributed by atoms with van der Waals surface area (Å²) in [6.45, 7) is 4.84. The quantitative estimate of drug-likeness (QED) is 0.399. The van der Waals surface area contributed by atoms with Crippen LogP contribution in [0.15, 0.2) is 17.8 Å². The zero-order valence-electron chi connectivity index (χ0n) is 21.3. The highest BCUT2D eigenvalue weighted by atomic mass is 16.5. The highest BCUT2D eigenvalue weighted by molar-refractivity contribution is 5.96. The van der Waals surface area contributed by atoms with Crippen LogP contribution in [0.25, 0.3) is 0 Å². The van der Waals surface area contributed by atoms with Gasteiger partial charge >= 0.3 is 5.97 Å². The standard InChI is InChI=1S/C28H41N3O4/c1-3-34-28(33)18(2)9-10-31-27(35-17-19-7-5-4-6-8-19)24(16-29-31)26(32)30-25-22-12-20-11-21(14-22)15-23(25)13-20/h9,16,19-23,25H,3-8,10-15,17H2,1-2H3,(H,30,32). The zero-order valence-corrected chi connectivity index (χ0v) is 21.3. The van der Waals surface area contributed by atoms with E-state index in [4.69, 9.17) is 9.47 Å². The van der Waals surface area contributed by atoms with Gasteiger partial charge in [0.1, 0.15) is 5.56 Å². The highest BCUT2D eigenvalue weighted by Crippen LogP contribution is 2.53. The fraction of sp³-hybridized carbons (Fsp3) is 0.750. The zero-order chi connectivity index (χ0) is 24.4. The van der Waals surface area contributed by atoms with Crippen LogP contribution in [0.3, 0.4) is 0 Å². The molecular weight excluding hydrogens is 442 g/mol. The van der Waals surface area contributed by atoms with Crippen molar-refractivity contribution in [3.05, 3.63) is 23.4 Å². The van der Waals surface area contributed by atoms with Crippen LogP contribution in [-0.4, -0.2) is 40.9 Å². The average molecular weight is 484 g/mol. The maximum absolute atomic E-state index is 13.5. The molecule has 1 N–H and O–H groups in total. The summed E-state index contributed by atoms with van der Waals surface area (Å²) in [6.07, 6.45) is 16.0. The summed E-state index contributed by atoms with van der Waals surface area (Å²) in [7, 11) is 0. The molecule has 6 rings (SSSR count). The SMILES string of the molecule is CCOC(=O)C(C)=CCn1ncc(C(=O)NC2C3CC4CC(C3)CC2C4)c1OCC1CCCCC1. The lowest BCUT2D eigenvalue weighted by Crippen LogP contribution is -2.55. The lowest BCUT2D eigenvalue weighted by atomic mass is 9.54. The molecule has 7 nitrogen and oxygen atoms in total. The first-order valence-corrected chi connectivity index (χ1v) is 13.8. The Morgan fingerprint density at radius 1 is 1.09 bits per heavy atom. The molecule has 0 radical (unpaired) electrons. The molecule has 0 aromatic carbocycles. The van der Waals surface area contributed by atoms with Gasteiger partial charge in [-0.3, -0.25) is 4.79 Å². The Morgan fingerprint density at radius 2 is 1.77 bits per heavy atom. The van der Waals surface area contributed by atoms with Gasteiger partial charge in [-0.2, -0.15) is 5.10 Å². The van der Waals surface area contributed by atoms with Gasteiger partial charge in [-0.15, -0.1) is 0 Å². The van der Waals surface area contributed by atoms with E-state index in [9.17, 15) is 9.59 Å². The molecule has 192 valence electrons. The number of allylic oxidation sites excluding steroid dienone is 1. The van der Waals surface area contributed by atoms with Crippen molar-refractivity contribution in [1.29, 1.82) is 0 Å². The van der Waals surface area contributed by atoms with Crippen LogP contribution in [0, 0.1) is 29.6 Å². The van der Waals surface area contributed by atoms with E-state index in [1.165, 1.54) is 64.2 Å². The summed E-state index contributed by atoms with van der Waals surface area (Å²) in [4.78, 5) is 25.5. The van der Waals surface area contributed by atoms with Crippen molar-refractivity contribution in [2.45, 2.75) is 90.6 Å². The first-order valence-electron chi connectivity index (χ1n) is 13.8. The third-order valence-electron chi connectivity index (χ3n) is 8.91. The molecule has 0 spiro atoms. The summed E-state index contributed by atoms with van der Waals surface area (Å²) in [5, 5.41) is 7.90. The Kier molecular flexibility index (Phi) is 7.49. The first-order chi connectivity index (χ1) is 17.0. The van der Waals surface area contributed by atoms with Crippen molar-refractivity contribution in [3.63, 3.8) is 0 Å². The van der Waals surface area contributed by atoms with Crippen LogP contribution in [0.5, 0.6) is 5.88 Å². The van der Waals surface area contributed by atoms with E-state index in [-0.39, 0.29) is 17.9 Å². The van der Waals surface area contributed by atoms with E-state index in [0.29, 0.717) is 54.5 Å². The van der Waals surface area contributed by atoms with Crippen LogP contribution in [0.1, 0.15) is 88.4 Å². The van der Waals surface area contributed by atoms with Gasteiger partial charge in [0.2, 0.25) is 5.88 Å². The van der Waals surface area contributed by atoms with Crippen molar-refractivity contribution >= 4 is 11.9 Å². The highest BCUT2D eigenvalue weighted by Gasteiger charge is 2.48. The summed E-state index contributed by atoms with van der Waals surface area (Å²) in [5.41, 5.74) is 1.04. The molecular formula is C28H41N3O4. The molecule has 5 fully saturated rings. The van der Waals surface area contributed by atoms with Crippen LogP contribution in [0.4, 0.5) is 0 Å². The number of nitrogens with one attached hydrogen (secondary N) is 1. The van der Waals surface area contributed by atoms with Gasteiger partial charge in [-0.05, 0) is 88.4 Å². The monoisotopic (exact) mass is 483 g/mol. The lowest BCUT2D eigenvalue weighted by Gasteiger charge is -2.54. The molecule has 1 amide bonds. The van der Waals surface area contributed by atoms with E-state index >= 15 is 0 Å². The van der Waals surface area contributed by atoms with Crippen LogP contribution in [-0.2, 0) is 16.1 Å². The number of rotatable bonds is 9. The smallest absolute Gasteiger partial charge is 0.333 e. The minimum absolute atomic E-state index is 0.0709. The summed E-state index contributed by atoms with van der Waals surface area (Å²) < 4.78 is 13.1. The third kappa shape index (κ3) is 5.44. The molecule has 0 atom stereocenters. The van der Waals surface area contributed by atoms with E-state index < -0.39 is 0 Å². The summed E-state index contributed by atoms with van der Waals surface area (Å²) in [6, 6.07) is 0.274. The number of nitrogens with zero attached hydrogens (tertiary/aromatic N) is 2. The van der Waals surface area contributed by atoms with Gasteiger partial charge in [0.05, 0.1) is 26.0 Å². The molecule has 7 heteroatoms. The van der Waals surface area contributed by atoms with Crippen molar-refractivity contribution in [2.75, 3.05) is 13.2 Å². The second-order valence-electron chi connectivity index (χ2n) is 11.4. The van der Waals surface area contributed by atoms with Crippen LogP contribution < -0.4 is 10.1 Å². The van der Waals surface area contributed by atoms with Gasteiger partial charge in [-0.1, -0.05) is 25.3 Å². The number of esters is 1. The fourth-order valence-electron chi connectivity index (χ4n) is 7.30. The number of hydrogen-bond donors (Lipinski definition) is 1. The van der Waals surface area contributed by atoms with Gasteiger partial charge in [0, 0.05) is 11.6 Å². The maximum Gasteiger partial charge on any atom is 0.333 e. The topological polar surface area (TPSA) is 82.5 Å². The predicted octanol–water partition coefficient (Wildman–Crippen LogP) is 4.91. The predicted molar refractivity (Wildman–Crippen MR) is 133 cm³/mol. The largest absolute Gasteiger partial charge is 0.477 e. The van der Waals surface area contributed by atoms with Gasteiger partial charge in [0.25, 0.3) is 5.91 Å². The Labute approximate surface area is 209 Å². The maximum atomic E-state index is 13.5. The number of aromatic nitrogens is 2. The lowest BCUT2D eigenvalue weighted by molar-refractivity contribution is -0.138. The van der Waals surface area contributed by atoms with E-state index in [1.807, 2.05) is 0 Å². The number of amides is 1.